The third-order valence-electron chi connectivity index (χ3n) is 6.22. The number of nitriles is 1. The van der Waals surface area contributed by atoms with Gasteiger partial charge in [-0.15, -0.1) is 0 Å². The summed E-state index contributed by atoms with van der Waals surface area (Å²) in [5.74, 6) is 0.176. The van der Waals surface area contributed by atoms with E-state index in [-0.39, 0.29) is 17.6 Å². The van der Waals surface area contributed by atoms with Gasteiger partial charge in [-0.25, -0.2) is 14.1 Å². The van der Waals surface area contributed by atoms with Gasteiger partial charge in [0.15, 0.2) is 17.3 Å². The molecule has 0 spiro atoms. The predicted molar refractivity (Wildman–Crippen MR) is 114 cm³/mol. The zero-order valence-electron chi connectivity index (χ0n) is 17.2. The minimum Gasteiger partial charge on any atom is -0.482 e. The number of ether oxygens (including phenoxy) is 1. The van der Waals surface area contributed by atoms with Gasteiger partial charge in [0.25, 0.3) is 0 Å². The van der Waals surface area contributed by atoms with Crippen molar-refractivity contribution in [1.82, 2.24) is 24.5 Å². The smallest absolute Gasteiger partial charge is 0.170 e. The molecule has 8 nitrogen and oxygen atoms in total. The Morgan fingerprint density at radius 2 is 2.16 bits per heavy atom. The molecule has 2 bridgehead atoms. The summed E-state index contributed by atoms with van der Waals surface area (Å²) in [6.07, 6.45) is 3.65. The zero-order valence-corrected chi connectivity index (χ0v) is 17.2. The van der Waals surface area contributed by atoms with Crippen LogP contribution in [0.2, 0.25) is 0 Å². The van der Waals surface area contributed by atoms with Gasteiger partial charge in [-0.3, -0.25) is 4.68 Å². The van der Waals surface area contributed by atoms with E-state index in [1.165, 1.54) is 12.1 Å². The number of anilines is 1. The number of pyridine rings is 1. The van der Waals surface area contributed by atoms with Crippen molar-refractivity contribution in [2.45, 2.75) is 31.9 Å². The lowest BCUT2D eigenvalue weighted by Gasteiger charge is -2.23. The molecular weight excluding hydrogens is 409 g/mol. The summed E-state index contributed by atoms with van der Waals surface area (Å²) in [6, 6.07) is 10.5. The first-order valence-electron chi connectivity index (χ1n) is 10.3. The van der Waals surface area contributed by atoms with E-state index in [1.807, 2.05) is 22.4 Å². The number of nitrogens with zero attached hydrogens (tertiary/aromatic N) is 6. The fraction of sp³-hybridized carbons (Fsp3) is 0.217. The van der Waals surface area contributed by atoms with E-state index >= 15 is 0 Å². The summed E-state index contributed by atoms with van der Waals surface area (Å²) in [4.78, 5) is 4.31. The molecule has 0 fully saturated rings. The molecule has 0 amide bonds. The second kappa shape index (κ2) is 6.65. The summed E-state index contributed by atoms with van der Waals surface area (Å²) < 4.78 is 24.1. The number of fused-ring (bicyclic) bond motifs is 7. The quantitative estimate of drug-likeness (QED) is 0.458. The molecule has 3 aromatic heterocycles. The lowest BCUT2D eigenvalue weighted by atomic mass is 9.93. The molecule has 0 saturated heterocycles. The fourth-order valence-electron chi connectivity index (χ4n) is 4.80. The van der Waals surface area contributed by atoms with Crippen LogP contribution in [0.3, 0.4) is 0 Å². The maximum Gasteiger partial charge on any atom is 0.170 e. The highest BCUT2D eigenvalue weighted by molar-refractivity contribution is 5.75. The molecule has 5 heterocycles. The lowest BCUT2D eigenvalue weighted by Crippen LogP contribution is -2.14. The highest BCUT2D eigenvalue weighted by Crippen LogP contribution is 2.44. The monoisotopic (exact) mass is 427 g/mol. The molecule has 1 unspecified atom stereocenters. The minimum atomic E-state index is -0.530. The van der Waals surface area contributed by atoms with E-state index < -0.39 is 6.10 Å². The molecule has 0 saturated carbocycles. The highest BCUT2D eigenvalue weighted by atomic mass is 19.1. The van der Waals surface area contributed by atoms with Gasteiger partial charge in [0, 0.05) is 41.5 Å². The van der Waals surface area contributed by atoms with Crippen LogP contribution in [0.1, 0.15) is 48.0 Å². The van der Waals surface area contributed by atoms with E-state index in [1.54, 1.807) is 24.5 Å². The Kier molecular flexibility index (Phi) is 3.86. The van der Waals surface area contributed by atoms with E-state index in [0.29, 0.717) is 29.1 Å². The first-order chi connectivity index (χ1) is 15.5. The Bertz CT molecular complexity index is 1430. The van der Waals surface area contributed by atoms with Crippen LogP contribution in [0, 0.1) is 17.1 Å². The van der Waals surface area contributed by atoms with Gasteiger partial charge in [-0.2, -0.15) is 15.5 Å². The number of halogens is 1. The number of aromatic nitrogens is 5. The lowest BCUT2D eigenvalue weighted by molar-refractivity contribution is 0.226. The topological polar surface area (TPSA) is 108 Å². The summed E-state index contributed by atoms with van der Waals surface area (Å²) in [5, 5.41) is 18.9. The molecule has 158 valence electrons. The van der Waals surface area contributed by atoms with Crippen LogP contribution >= 0.6 is 0 Å². The van der Waals surface area contributed by atoms with E-state index in [4.69, 9.17) is 10.5 Å². The van der Waals surface area contributed by atoms with Crippen LogP contribution in [0.15, 0.2) is 42.7 Å². The van der Waals surface area contributed by atoms with Gasteiger partial charge in [0.05, 0.1) is 17.1 Å². The van der Waals surface area contributed by atoms with Gasteiger partial charge in [-0.1, -0.05) is 0 Å². The third-order valence-corrected chi connectivity index (χ3v) is 6.22. The number of nitrogen functional groups attached to an aromatic ring is 1. The van der Waals surface area contributed by atoms with Crippen LogP contribution in [0.25, 0.3) is 16.8 Å². The number of aryl methyl sites for hydroxylation is 1. The van der Waals surface area contributed by atoms with Gasteiger partial charge in [0.1, 0.15) is 18.0 Å². The molecule has 6 rings (SSSR count). The van der Waals surface area contributed by atoms with Crippen molar-refractivity contribution in [2.24, 2.45) is 0 Å². The van der Waals surface area contributed by atoms with Crippen LogP contribution in [-0.2, 0) is 6.54 Å². The number of hydrogen-bond donors (Lipinski definition) is 1. The average Bonchev–Trinajstić information content (AvgIpc) is 3.49. The zero-order chi connectivity index (χ0) is 22.0. The number of nitrogens with two attached hydrogens (primary N) is 1. The van der Waals surface area contributed by atoms with Crippen molar-refractivity contribution in [2.75, 3.05) is 5.73 Å². The normalized spacial score (nSPS) is 18.4. The van der Waals surface area contributed by atoms with Gasteiger partial charge in [0.2, 0.25) is 0 Å². The summed E-state index contributed by atoms with van der Waals surface area (Å²) in [7, 11) is 0. The molecule has 2 aliphatic heterocycles. The highest BCUT2D eigenvalue weighted by Gasteiger charge is 2.35. The van der Waals surface area contributed by atoms with Gasteiger partial charge in [-0.05, 0) is 43.7 Å². The van der Waals surface area contributed by atoms with Crippen LogP contribution in [0.4, 0.5) is 10.2 Å². The van der Waals surface area contributed by atoms with Crippen LogP contribution < -0.4 is 10.5 Å². The molecule has 4 aromatic rings. The molecule has 1 aromatic carbocycles. The van der Waals surface area contributed by atoms with Crippen molar-refractivity contribution >= 4 is 5.82 Å². The Morgan fingerprint density at radius 3 is 3.00 bits per heavy atom. The Labute approximate surface area is 182 Å². The summed E-state index contributed by atoms with van der Waals surface area (Å²) >= 11 is 0. The van der Waals surface area contributed by atoms with Crippen LogP contribution in [0.5, 0.6) is 5.75 Å². The first kappa shape index (κ1) is 18.6. The van der Waals surface area contributed by atoms with Crippen molar-refractivity contribution in [3.05, 3.63) is 71.2 Å². The van der Waals surface area contributed by atoms with Crippen molar-refractivity contribution in [3.63, 3.8) is 0 Å². The first-order valence-corrected chi connectivity index (χ1v) is 10.3. The fourth-order valence-corrected chi connectivity index (χ4v) is 4.80. The number of benzene rings is 1. The minimum absolute atomic E-state index is 0.0448. The number of rotatable bonds is 0. The third kappa shape index (κ3) is 2.56. The summed E-state index contributed by atoms with van der Waals surface area (Å²) in [6.45, 7) is 2.51. The maximum atomic E-state index is 14.3. The van der Waals surface area contributed by atoms with E-state index in [2.05, 4.69) is 21.3 Å². The molecule has 32 heavy (non-hydrogen) atoms. The summed E-state index contributed by atoms with van der Waals surface area (Å²) in [5.41, 5.74) is 11.1. The van der Waals surface area contributed by atoms with Crippen molar-refractivity contribution < 1.29 is 9.13 Å². The second-order valence-corrected chi connectivity index (χ2v) is 8.02. The van der Waals surface area contributed by atoms with Gasteiger partial charge < -0.3 is 10.5 Å². The Balaban J connectivity index is 1.70. The maximum absolute atomic E-state index is 14.3. The molecule has 9 heteroatoms. The van der Waals surface area contributed by atoms with Gasteiger partial charge >= 0.3 is 0 Å². The Morgan fingerprint density at radius 1 is 1.28 bits per heavy atom. The van der Waals surface area contributed by atoms with Crippen LogP contribution in [-0.4, -0.2) is 24.5 Å². The van der Waals surface area contributed by atoms with Crippen molar-refractivity contribution in [1.29, 1.82) is 5.26 Å². The number of hydrogen-bond acceptors (Lipinski definition) is 6. The molecule has 2 N–H and O–H groups in total. The SMILES string of the molecule is C[C@H]1Oc2cc(cnc2N)-c2c(C#N)nn3c2C(CC3)c2ccnn2-c2ccc(F)cc21. The molecule has 0 radical (unpaired) electrons. The Hall–Kier alpha value is -4.19. The largest absolute Gasteiger partial charge is 0.482 e. The molecular formula is C23H18FN7O. The van der Waals surface area contributed by atoms with E-state index in [9.17, 15) is 9.65 Å². The average molecular weight is 427 g/mol. The predicted octanol–water partition coefficient (Wildman–Crippen LogP) is 3.71. The molecule has 2 aliphatic rings. The van der Waals surface area contributed by atoms with E-state index in [0.717, 1.165) is 29.1 Å². The standard InChI is InChI=1S/C23H18FN7O/c1-12-16-9-14(24)2-3-18(16)31-19(4-6-28-31)15-5-7-30-22(15)21(17(10-25)29-30)13-8-20(32-12)23(26)27-11-13/h2-4,6,8-9,11-12,15H,5,7H2,1H3,(H2,26,27)/t12-,15?/m1/s1. The van der Waals surface area contributed by atoms with Crippen molar-refractivity contribution in [3.8, 4) is 28.6 Å². The molecule has 0 aliphatic carbocycles. The molecule has 2 atom stereocenters. The second-order valence-electron chi connectivity index (χ2n) is 8.02.